The van der Waals surface area contributed by atoms with Gasteiger partial charge in [-0.05, 0) is 42.1 Å². The number of hydrogen-bond acceptors (Lipinski definition) is 3. The maximum atomic E-state index is 13.2. The number of halogens is 1. The van der Waals surface area contributed by atoms with E-state index in [1.807, 2.05) is 6.92 Å². The molecule has 1 unspecified atom stereocenters. The van der Waals surface area contributed by atoms with Crippen molar-refractivity contribution in [1.82, 2.24) is 10.3 Å². The van der Waals surface area contributed by atoms with Crippen molar-refractivity contribution in [3.63, 3.8) is 0 Å². The predicted molar refractivity (Wildman–Crippen MR) is 68.8 cm³/mol. The summed E-state index contributed by atoms with van der Waals surface area (Å²) in [6.45, 7) is 4.95. The normalized spacial score (nSPS) is 12.6. The topological polar surface area (TPSA) is 24.9 Å². The monoisotopic (exact) mass is 250 g/mol. The fraction of sp³-hybridized carbons (Fsp3) is 0.308. The van der Waals surface area contributed by atoms with Crippen molar-refractivity contribution < 1.29 is 4.39 Å². The Bertz CT molecular complexity index is 496. The van der Waals surface area contributed by atoms with Crippen molar-refractivity contribution in [1.29, 1.82) is 0 Å². The minimum Gasteiger partial charge on any atom is -0.306 e. The molecule has 0 saturated heterocycles. The van der Waals surface area contributed by atoms with Crippen LogP contribution < -0.4 is 5.32 Å². The van der Waals surface area contributed by atoms with Crippen molar-refractivity contribution in [3.05, 3.63) is 51.7 Å². The number of hydrogen-bond donors (Lipinski definition) is 1. The van der Waals surface area contributed by atoms with Crippen LogP contribution in [0.3, 0.4) is 0 Å². The van der Waals surface area contributed by atoms with Gasteiger partial charge in [-0.25, -0.2) is 4.39 Å². The first-order chi connectivity index (χ1) is 8.22. The molecule has 2 aromatic rings. The second kappa shape index (κ2) is 5.38. The van der Waals surface area contributed by atoms with E-state index in [2.05, 4.69) is 28.7 Å². The summed E-state index contributed by atoms with van der Waals surface area (Å²) in [7, 11) is 0. The van der Waals surface area contributed by atoms with Crippen LogP contribution in [0.1, 0.15) is 29.0 Å². The van der Waals surface area contributed by atoms with Crippen LogP contribution in [0.25, 0.3) is 0 Å². The SMILES string of the molecule is CCNC(c1cncc(F)c1)c1ccsc1C. The van der Waals surface area contributed by atoms with Gasteiger partial charge in [0.05, 0.1) is 12.2 Å². The molecule has 0 aromatic carbocycles. The van der Waals surface area contributed by atoms with Gasteiger partial charge in [0.2, 0.25) is 0 Å². The average molecular weight is 250 g/mol. The summed E-state index contributed by atoms with van der Waals surface area (Å²) >= 11 is 1.70. The number of aryl methyl sites for hydroxylation is 1. The minimum atomic E-state index is -0.293. The van der Waals surface area contributed by atoms with Crippen molar-refractivity contribution in [2.24, 2.45) is 0 Å². The van der Waals surface area contributed by atoms with Gasteiger partial charge in [-0.1, -0.05) is 6.92 Å². The van der Waals surface area contributed by atoms with Crippen LogP contribution in [0.4, 0.5) is 4.39 Å². The van der Waals surface area contributed by atoms with Gasteiger partial charge in [-0.2, -0.15) is 0 Å². The number of nitrogens with one attached hydrogen (secondary N) is 1. The van der Waals surface area contributed by atoms with Crippen LogP contribution in [0.5, 0.6) is 0 Å². The summed E-state index contributed by atoms with van der Waals surface area (Å²) in [5.74, 6) is -0.293. The minimum absolute atomic E-state index is 0.0226. The zero-order valence-corrected chi connectivity index (χ0v) is 10.7. The highest BCUT2D eigenvalue weighted by Crippen LogP contribution is 2.27. The first-order valence-corrected chi connectivity index (χ1v) is 6.48. The largest absolute Gasteiger partial charge is 0.306 e. The Morgan fingerprint density at radius 2 is 2.29 bits per heavy atom. The molecule has 2 heterocycles. The summed E-state index contributed by atoms with van der Waals surface area (Å²) in [6, 6.07) is 3.64. The second-order valence-corrected chi connectivity index (χ2v) is 4.98. The molecular weight excluding hydrogens is 235 g/mol. The van der Waals surface area contributed by atoms with Crippen molar-refractivity contribution in [2.75, 3.05) is 6.54 Å². The molecule has 0 spiro atoms. The smallest absolute Gasteiger partial charge is 0.141 e. The van der Waals surface area contributed by atoms with Gasteiger partial charge in [-0.15, -0.1) is 11.3 Å². The number of pyridine rings is 1. The molecule has 2 aromatic heterocycles. The highest BCUT2D eigenvalue weighted by Gasteiger charge is 2.16. The van der Waals surface area contributed by atoms with Crippen molar-refractivity contribution in [3.8, 4) is 0 Å². The third-order valence-electron chi connectivity index (χ3n) is 2.68. The molecule has 2 rings (SSSR count). The second-order valence-electron chi connectivity index (χ2n) is 3.86. The summed E-state index contributed by atoms with van der Waals surface area (Å²) in [5.41, 5.74) is 2.07. The van der Waals surface area contributed by atoms with Crippen LogP contribution in [0, 0.1) is 12.7 Å². The van der Waals surface area contributed by atoms with E-state index in [1.54, 1.807) is 17.5 Å². The molecule has 90 valence electrons. The van der Waals surface area contributed by atoms with E-state index in [9.17, 15) is 4.39 Å². The molecule has 0 bridgehead atoms. The zero-order valence-electron chi connectivity index (χ0n) is 9.90. The fourth-order valence-corrected chi connectivity index (χ4v) is 2.63. The number of thiophene rings is 1. The van der Waals surface area contributed by atoms with Gasteiger partial charge in [0.1, 0.15) is 5.82 Å². The maximum absolute atomic E-state index is 13.2. The molecular formula is C13H15FN2S. The average Bonchev–Trinajstić information content (AvgIpc) is 2.72. The summed E-state index contributed by atoms with van der Waals surface area (Å²) in [4.78, 5) is 5.17. The Morgan fingerprint density at radius 3 is 2.88 bits per heavy atom. The third kappa shape index (κ3) is 2.70. The lowest BCUT2D eigenvalue weighted by molar-refractivity contribution is 0.596. The molecule has 0 aliphatic heterocycles. The molecule has 0 saturated carbocycles. The maximum Gasteiger partial charge on any atom is 0.141 e. The lowest BCUT2D eigenvalue weighted by Crippen LogP contribution is -2.22. The highest BCUT2D eigenvalue weighted by atomic mass is 32.1. The standard InChI is InChI=1S/C13H15FN2S/c1-3-16-13(12-4-5-17-9(12)2)10-6-11(14)8-15-7-10/h4-8,13,16H,3H2,1-2H3. The Labute approximate surface area is 105 Å². The molecule has 4 heteroatoms. The first-order valence-electron chi connectivity index (χ1n) is 5.60. The van der Waals surface area contributed by atoms with E-state index >= 15 is 0 Å². The number of aromatic nitrogens is 1. The molecule has 2 nitrogen and oxygen atoms in total. The first kappa shape index (κ1) is 12.2. The fourth-order valence-electron chi connectivity index (χ4n) is 1.89. The molecule has 0 amide bonds. The van der Waals surface area contributed by atoms with Crippen LogP contribution in [0.15, 0.2) is 29.9 Å². The Morgan fingerprint density at radius 1 is 1.47 bits per heavy atom. The predicted octanol–water partition coefficient (Wildman–Crippen LogP) is 3.29. The molecule has 0 radical (unpaired) electrons. The van der Waals surface area contributed by atoms with E-state index < -0.39 is 0 Å². The van der Waals surface area contributed by atoms with Crippen molar-refractivity contribution >= 4 is 11.3 Å². The van der Waals surface area contributed by atoms with Crippen LogP contribution >= 0.6 is 11.3 Å². The van der Waals surface area contributed by atoms with Gasteiger partial charge in [0.15, 0.2) is 0 Å². The molecule has 17 heavy (non-hydrogen) atoms. The zero-order chi connectivity index (χ0) is 12.3. The van der Waals surface area contributed by atoms with Gasteiger partial charge in [0, 0.05) is 11.1 Å². The lowest BCUT2D eigenvalue weighted by Gasteiger charge is -2.18. The van der Waals surface area contributed by atoms with Crippen LogP contribution in [0.2, 0.25) is 0 Å². The molecule has 1 atom stereocenters. The van der Waals surface area contributed by atoms with E-state index in [1.165, 1.54) is 22.7 Å². The Kier molecular flexibility index (Phi) is 3.86. The van der Waals surface area contributed by atoms with Crippen LogP contribution in [-0.2, 0) is 0 Å². The third-order valence-corrected chi connectivity index (χ3v) is 3.54. The summed E-state index contributed by atoms with van der Waals surface area (Å²) in [6.07, 6.45) is 2.94. The Balaban J connectivity index is 2.39. The van der Waals surface area contributed by atoms with E-state index in [4.69, 9.17) is 0 Å². The van der Waals surface area contributed by atoms with E-state index in [0.29, 0.717) is 0 Å². The number of nitrogens with zero attached hydrogens (tertiary/aromatic N) is 1. The number of rotatable bonds is 4. The lowest BCUT2D eigenvalue weighted by atomic mass is 10.0. The van der Waals surface area contributed by atoms with Crippen molar-refractivity contribution in [2.45, 2.75) is 19.9 Å². The van der Waals surface area contributed by atoms with Crippen LogP contribution in [-0.4, -0.2) is 11.5 Å². The molecule has 1 N–H and O–H groups in total. The van der Waals surface area contributed by atoms with E-state index in [-0.39, 0.29) is 11.9 Å². The molecule has 0 aliphatic rings. The van der Waals surface area contributed by atoms with E-state index in [0.717, 1.165) is 12.1 Å². The molecule has 0 aliphatic carbocycles. The van der Waals surface area contributed by atoms with Gasteiger partial charge in [-0.3, -0.25) is 4.98 Å². The highest BCUT2D eigenvalue weighted by molar-refractivity contribution is 7.10. The van der Waals surface area contributed by atoms with Gasteiger partial charge < -0.3 is 5.32 Å². The summed E-state index contributed by atoms with van der Waals surface area (Å²) in [5, 5.41) is 5.43. The van der Waals surface area contributed by atoms with Gasteiger partial charge >= 0.3 is 0 Å². The Hall–Kier alpha value is -1.26. The van der Waals surface area contributed by atoms with Gasteiger partial charge in [0.25, 0.3) is 0 Å². The quantitative estimate of drug-likeness (QED) is 0.900. The molecule has 0 fully saturated rings. The summed E-state index contributed by atoms with van der Waals surface area (Å²) < 4.78 is 13.2.